The first-order valence-electron chi connectivity index (χ1n) is 11.4. The summed E-state index contributed by atoms with van der Waals surface area (Å²) in [6, 6.07) is 8.83. The Bertz CT molecular complexity index is 1320. The van der Waals surface area contributed by atoms with Crippen LogP contribution in [0.3, 0.4) is 0 Å². The van der Waals surface area contributed by atoms with Gasteiger partial charge in [-0.15, -0.1) is 10.2 Å². The molecule has 1 saturated carbocycles. The quantitative estimate of drug-likeness (QED) is 0.404. The van der Waals surface area contributed by atoms with Crippen LogP contribution < -0.4 is 5.32 Å². The molecular formula is C25H26FN5OS. The number of imidazole rings is 1. The van der Waals surface area contributed by atoms with Crippen molar-refractivity contribution in [2.75, 3.05) is 5.32 Å². The smallest absolute Gasteiger partial charge is 0.232 e. The Labute approximate surface area is 195 Å². The zero-order chi connectivity index (χ0) is 22.9. The Morgan fingerprint density at radius 1 is 1.15 bits per heavy atom. The van der Waals surface area contributed by atoms with Crippen molar-refractivity contribution in [1.82, 2.24) is 19.6 Å². The maximum absolute atomic E-state index is 13.9. The molecule has 0 saturated heterocycles. The summed E-state index contributed by atoms with van der Waals surface area (Å²) in [6.07, 6.45) is 8.12. The number of hydrogen-bond acceptors (Lipinski definition) is 5. The number of aryl methyl sites for hydroxylation is 2. The van der Waals surface area contributed by atoms with Crippen LogP contribution in [0, 0.1) is 19.7 Å². The predicted octanol–water partition coefficient (Wildman–Crippen LogP) is 5.84. The van der Waals surface area contributed by atoms with Gasteiger partial charge in [0.05, 0.1) is 17.8 Å². The van der Waals surface area contributed by atoms with Crippen LogP contribution in [-0.2, 0) is 11.2 Å². The SMILES string of the molecule is Cc1ccc2nc(-c3ccc(F)c(C)c3)c(CC(=O)Nc3nnc(C4CCCCC4)s3)n2c1. The monoisotopic (exact) mass is 463 g/mol. The molecule has 5 rings (SSSR count). The number of carbonyl (C=O) groups excluding carboxylic acids is 1. The summed E-state index contributed by atoms with van der Waals surface area (Å²) in [5, 5.41) is 13.0. The number of nitrogens with one attached hydrogen (secondary N) is 1. The molecule has 3 aromatic heterocycles. The van der Waals surface area contributed by atoms with E-state index in [1.54, 1.807) is 19.1 Å². The molecule has 3 heterocycles. The van der Waals surface area contributed by atoms with E-state index in [9.17, 15) is 9.18 Å². The van der Waals surface area contributed by atoms with Gasteiger partial charge in [0.25, 0.3) is 0 Å². The molecule has 8 heteroatoms. The molecule has 33 heavy (non-hydrogen) atoms. The van der Waals surface area contributed by atoms with Crippen LogP contribution in [0.15, 0.2) is 36.5 Å². The number of amides is 1. The fraction of sp³-hybridized carbons (Fsp3) is 0.360. The summed E-state index contributed by atoms with van der Waals surface area (Å²) in [4.78, 5) is 17.8. The Balaban J connectivity index is 1.43. The Hall–Kier alpha value is -3.13. The molecule has 1 N–H and O–H groups in total. The van der Waals surface area contributed by atoms with Crippen LogP contribution in [0.5, 0.6) is 0 Å². The molecule has 1 aliphatic rings. The first-order chi connectivity index (χ1) is 16.0. The number of hydrogen-bond donors (Lipinski definition) is 1. The van der Waals surface area contributed by atoms with Crippen molar-refractivity contribution in [3.05, 3.63) is 64.2 Å². The molecule has 170 valence electrons. The first-order valence-corrected chi connectivity index (χ1v) is 12.2. The summed E-state index contributed by atoms with van der Waals surface area (Å²) >= 11 is 1.47. The third-order valence-electron chi connectivity index (χ3n) is 6.27. The van der Waals surface area contributed by atoms with E-state index in [1.165, 1.54) is 36.7 Å². The van der Waals surface area contributed by atoms with Crippen molar-refractivity contribution < 1.29 is 9.18 Å². The Kier molecular flexibility index (Phi) is 5.93. The Morgan fingerprint density at radius 3 is 2.76 bits per heavy atom. The zero-order valence-corrected chi connectivity index (χ0v) is 19.6. The van der Waals surface area contributed by atoms with E-state index in [0.29, 0.717) is 22.3 Å². The highest BCUT2D eigenvalue weighted by Gasteiger charge is 2.22. The lowest BCUT2D eigenvalue weighted by atomic mass is 9.90. The topological polar surface area (TPSA) is 72.2 Å². The molecule has 0 aliphatic heterocycles. The minimum atomic E-state index is -0.261. The minimum absolute atomic E-state index is 0.120. The predicted molar refractivity (Wildman–Crippen MR) is 128 cm³/mol. The minimum Gasteiger partial charge on any atom is -0.303 e. The number of pyridine rings is 1. The van der Waals surface area contributed by atoms with E-state index in [4.69, 9.17) is 4.98 Å². The van der Waals surface area contributed by atoms with Gasteiger partial charge in [0.15, 0.2) is 0 Å². The van der Waals surface area contributed by atoms with Crippen molar-refractivity contribution >= 4 is 28.0 Å². The molecule has 1 amide bonds. The van der Waals surface area contributed by atoms with E-state index in [-0.39, 0.29) is 18.1 Å². The van der Waals surface area contributed by atoms with Crippen molar-refractivity contribution in [3.63, 3.8) is 0 Å². The molecule has 0 bridgehead atoms. The van der Waals surface area contributed by atoms with Gasteiger partial charge in [-0.05, 0) is 62.1 Å². The standard InChI is InChI=1S/C25H26FN5OS/c1-15-8-11-21-27-23(18-9-10-19(26)16(2)12-18)20(31(21)14-15)13-22(32)28-25-30-29-24(33-25)17-6-4-3-5-7-17/h8-12,14,17H,3-7,13H2,1-2H3,(H,28,30,32). The molecular weight excluding hydrogens is 437 g/mol. The zero-order valence-electron chi connectivity index (χ0n) is 18.8. The lowest BCUT2D eigenvalue weighted by Crippen LogP contribution is -2.16. The molecule has 0 atom stereocenters. The lowest BCUT2D eigenvalue weighted by Gasteiger charge is -2.18. The molecule has 1 fully saturated rings. The number of anilines is 1. The average Bonchev–Trinajstić information content (AvgIpc) is 3.41. The van der Waals surface area contributed by atoms with E-state index >= 15 is 0 Å². The second-order valence-electron chi connectivity index (χ2n) is 8.81. The highest BCUT2D eigenvalue weighted by atomic mass is 32.1. The van der Waals surface area contributed by atoms with E-state index in [0.717, 1.165) is 40.3 Å². The third kappa shape index (κ3) is 4.53. The second-order valence-corrected chi connectivity index (χ2v) is 9.82. The van der Waals surface area contributed by atoms with Crippen molar-refractivity contribution in [3.8, 4) is 11.3 Å². The number of fused-ring (bicyclic) bond motifs is 1. The molecule has 4 aromatic rings. The lowest BCUT2D eigenvalue weighted by molar-refractivity contribution is -0.115. The van der Waals surface area contributed by atoms with Gasteiger partial charge in [-0.25, -0.2) is 9.37 Å². The summed E-state index contributed by atoms with van der Waals surface area (Å²) < 4.78 is 15.8. The summed E-state index contributed by atoms with van der Waals surface area (Å²) in [5.41, 5.74) is 4.57. The summed E-state index contributed by atoms with van der Waals surface area (Å²) in [7, 11) is 0. The number of halogens is 1. The molecule has 1 aliphatic carbocycles. The molecule has 1 aromatic carbocycles. The van der Waals surface area contributed by atoms with Gasteiger partial charge < -0.3 is 9.72 Å². The third-order valence-corrected chi connectivity index (χ3v) is 7.27. The van der Waals surface area contributed by atoms with Crippen molar-refractivity contribution in [2.24, 2.45) is 0 Å². The summed E-state index contributed by atoms with van der Waals surface area (Å²) in [6.45, 7) is 3.73. The number of carbonyl (C=O) groups is 1. The highest BCUT2D eigenvalue weighted by Crippen LogP contribution is 2.35. The van der Waals surface area contributed by atoms with Crippen LogP contribution in [0.25, 0.3) is 16.9 Å². The fourth-order valence-electron chi connectivity index (χ4n) is 4.51. The van der Waals surface area contributed by atoms with Crippen LogP contribution in [0.4, 0.5) is 9.52 Å². The van der Waals surface area contributed by atoms with Crippen LogP contribution in [0.1, 0.15) is 59.9 Å². The van der Waals surface area contributed by atoms with Crippen LogP contribution in [0.2, 0.25) is 0 Å². The number of nitrogens with zero attached hydrogens (tertiary/aromatic N) is 4. The average molecular weight is 464 g/mol. The largest absolute Gasteiger partial charge is 0.303 e. The van der Waals surface area contributed by atoms with Gasteiger partial charge in [-0.1, -0.05) is 36.7 Å². The van der Waals surface area contributed by atoms with E-state index in [2.05, 4.69) is 15.5 Å². The fourth-order valence-corrected chi connectivity index (χ4v) is 5.44. The normalized spacial score (nSPS) is 14.6. The van der Waals surface area contributed by atoms with Crippen LogP contribution in [-0.4, -0.2) is 25.5 Å². The Morgan fingerprint density at radius 2 is 1.97 bits per heavy atom. The summed E-state index contributed by atoms with van der Waals surface area (Å²) in [5.74, 6) is 0.0180. The maximum Gasteiger partial charge on any atom is 0.232 e. The molecule has 0 radical (unpaired) electrons. The van der Waals surface area contributed by atoms with Gasteiger partial charge in [0.1, 0.15) is 16.5 Å². The number of benzene rings is 1. The van der Waals surface area contributed by atoms with Gasteiger partial charge in [-0.2, -0.15) is 0 Å². The van der Waals surface area contributed by atoms with Crippen molar-refractivity contribution in [1.29, 1.82) is 0 Å². The first kappa shape index (κ1) is 21.7. The maximum atomic E-state index is 13.9. The molecule has 0 spiro atoms. The van der Waals surface area contributed by atoms with Gasteiger partial charge in [0.2, 0.25) is 11.0 Å². The molecule has 0 unspecified atom stereocenters. The van der Waals surface area contributed by atoms with Gasteiger partial charge in [0, 0.05) is 17.7 Å². The van der Waals surface area contributed by atoms with Gasteiger partial charge >= 0.3 is 0 Å². The highest BCUT2D eigenvalue weighted by molar-refractivity contribution is 7.15. The van der Waals surface area contributed by atoms with E-state index < -0.39 is 0 Å². The van der Waals surface area contributed by atoms with Gasteiger partial charge in [-0.3, -0.25) is 4.79 Å². The van der Waals surface area contributed by atoms with Crippen LogP contribution >= 0.6 is 11.3 Å². The van der Waals surface area contributed by atoms with E-state index in [1.807, 2.05) is 29.7 Å². The van der Waals surface area contributed by atoms with Crippen molar-refractivity contribution in [2.45, 2.75) is 58.3 Å². The second kappa shape index (κ2) is 9.02. The number of aromatic nitrogens is 4. The number of rotatable bonds is 5. The molecule has 6 nitrogen and oxygen atoms in total.